The zero-order chi connectivity index (χ0) is 15.5. The number of hydrogen-bond acceptors (Lipinski definition) is 5. The molecule has 1 aromatic heterocycles. The minimum atomic E-state index is -0.753. The maximum Gasteiger partial charge on any atom is 0.303 e. The Hall–Kier alpha value is -1.43. The van der Waals surface area contributed by atoms with Gasteiger partial charge in [0.2, 0.25) is 11.8 Å². The van der Waals surface area contributed by atoms with Crippen molar-refractivity contribution in [1.82, 2.24) is 10.2 Å². The first-order valence-corrected chi connectivity index (χ1v) is 7.42. The van der Waals surface area contributed by atoms with Crippen molar-refractivity contribution in [3.05, 3.63) is 11.8 Å². The van der Waals surface area contributed by atoms with Crippen LogP contribution in [0.25, 0.3) is 0 Å². The summed E-state index contributed by atoms with van der Waals surface area (Å²) in [5, 5.41) is 17.3. The molecule has 1 saturated carbocycles. The molecule has 2 rings (SSSR count). The van der Waals surface area contributed by atoms with Crippen molar-refractivity contribution in [2.45, 2.75) is 64.4 Å². The van der Waals surface area contributed by atoms with Gasteiger partial charge in [-0.2, -0.15) is 0 Å². The van der Waals surface area contributed by atoms with Crippen LogP contribution in [0.1, 0.15) is 57.7 Å². The van der Waals surface area contributed by atoms with Crippen LogP contribution in [0.5, 0.6) is 0 Å². The Morgan fingerprint density at radius 2 is 1.95 bits per heavy atom. The largest absolute Gasteiger partial charge is 0.481 e. The molecular weight excluding hydrogens is 272 g/mol. The monoisotopic (exact) mass is 296 g/mol. The topological polar surface area (TPSA) is 85.5 Å². The second kappa shape index (κ2) is 6.13. The molecule has 0 radical (unpaired) electrons. The predicted octanol–water partition coefficient (Wildman–Crippen LogP) is 2.61. The van der Waals surface area contributed by atoms with Crippen LogP contribution in [0.15, 0.2) is 4.42 Å². The van der Waals surface area contributed by atoms with Crippen molar-refractivity contribution in [1.29, 1.82) is 0 Å². The summed E-state index contributed by atoms with van der Waals surface area (Å²) >= 11 is 0. The summed E-state index contributed by atoms with van der Waals surface area (Å²) in [6.45, 7) is 3.92. The molecule has 0 bridgehead atoms. The molecular formula is C15H24N2O4. The molecule has 0 atom stereocenters. The summed E-state index contributed by atoms with van der Waals surface area (Å²) in [7, 11) is 1.65. The Morgan fingerprint density at radius 3 is 2.52 bits per heavy atom. The van der Waals surface area contributed by atoms with Gasteiger partial charge in [-0.05, 0) is 32.1 Å². The number of carboxylic acid groups (broad SMARTS) is 1. The molecule has 6 heteroatoms. The second-order valence-corrected chi connectivity index (χ2v) is 6.68. The van der Waals surface area contributed by atoms with E-state index >= 15 is 0 Å². The van der Waals surface area contributed by atoms with Crippen molar-refractivity contribution in [3.8, 4) is 0 Å². The smallest absolute Gasteiger partial charge is 0.303 e. The summed E-state index contributed by atoms with van der Waals surface area (Å²) in [5.41, 5.74) is -0.567. The maximum absolute atomic E-state index is 11.1. The highest BCUT2D eigenvalue weighted by Gasteiger charge is 2.38. The van der Waals surface area contributed by atoms with Gasteiger partial charge in [0.1, 0.15) is 0 Å². The van der Waals surface area contributed by atoms with Gasteiger partial charge in [0.15, 0.2) is 0 Å². The first kappa shape index (κ1) is 15.9. The van der Waals surface area contributed by atoms with Gasteiger partial charge in [0.05, 0.1) is 18.4 Å². The summed E-state index contributed by atoms with van der Waals surface area (Å²) < 4.78 is 11.0. The number of rotatable bonds is 7. The van der Waals surface area contributed by atoms with Crippen LogP contribution < -0.4 is 0 Å². The zero-order valence-electron chi connectivity index (χ0n) is 13.0. The number of nitrogens with zero attached hydrogens (tertiary/aromatic N) is 2. The van der Waals surface area contributed by atoms with Gasteiger partial charge in [0, 0.05) is 13.5 Å². The van der Waals surface area contributed by atoms with Crippen LogP contribution in [0.2, 0.25) is 0 Å². The van der Waals surface area contributed by atoms with E-state index in [4.69, 9.17) is 14.3 Å². The van der Waals surface area contributed by atoms with Crippen LogP contribution in [0.3, 0.4) is 0 Å². The fourth-order valence-corrected chi connectivity index (χ4v) is 3.05. The van der Waals surface area contributed by atoms with E-state index in [1.807, 2.05) is 13.8 Å². The van der Waals surface area contributed by atoms with Gasteiger partial charge >= 0.3 is 5.97 Å². The summed E-state index contributed by atoms with van der Waals surface area (Å²) in [6, 6.07) is 0. The molecule has 118 valence electrons. The quantitative estimate of drug-likeness (QED) is 0.832. The highest BCUT2D eigenvalue weighted by molar-refractivity contribution is 5.67. The van der Waals surface area contributed by atoms with E-state index in [2.05, 4.69) is 10.2 Å². The van der Waals surface area contributed by atoms with Crippen LogP contribution in [-0.2, 0) is 22.4 Å². The van der Waals surface area contributed by atoms with Crippen molar-refractivity contribution >= 4 is 5.97 Å². The van der Waals surface area contributed by atoms with Crippen molar-refractivity contribution in [2.24, 2.45) is 5.41 Å². The van der Waals surface area contributed by atoms with Gasteiger partial charge in [-0.15, -0.1) is 10.2 Å². The van der Waals surface area contributed by atoms with E-state index in [0.29, 0.717) is 24.6 Å². The minimum absolute atomic E-state index is 0.175. The third-order valence-corrected chi connectivity index (χ3v) is 4.35. The van der Waals surface area contributed by atoms with Crippen molar-refractivity contribution in [3.63, 3.8) is 0 Å². The van der Waals surface area contributed by atoms with E-state index in [1.54, 1.807) is 7.11 Å². The number of carboxylic acids is 1. The fourth-order valence-electron chi connectivity index (χ4n) is 3.05. The van der Waals surface area contributed by atoms with Gasteiger partial charge < -0.3 is 14.3 Å². The van der Waals surface area contributed by atoms with Crippen molar-refractivity contribution < 1.29 is 19.1 Å². The molecule has 1 fully saturated rings. The first-order chi connectivity index (χ1) is 9.84. The lowest BCUT2D eigenvalue weighted by Crippen LogP contribution is -2.25. The van der Waals surface area contributed by atoms with Gasteiger partial charge in [-0.3, -0.25) is 4.79 Å². The number of aromatic nitrogens is 2. The van der Waals surface area contributed by atoms with Gasteiger partial charge in [0.25, 0.3) is 0 Å². The zero-order valence-corrected chi connectivity index (χ0v) is 13.0. The molecule has 0 spiro atoms. The number of aliphatic carboxylic acids is 1. The molecule has 0 unspecified atom stereocenters. The molecule has 0 aromatic carbocycles. The van der Waals surface area contributed by atoms with E-state index < -0.39 is 5.97 Å². The Bertz CT molecular complexity index is 490. The van der Waals surface area contributed by atoms with Crippen LogP contribution >= 0.6 is 0 Å². The average Bonchev–Trinajstić information content (AvgIpc) is 2.99. The third kappa shape index (κ3) is 4.27. The Labute approximate surface area is 124 Å². The highest BCUT2D eigenvalue weighted by atomic mass is 16.5. The standard InChI is InChI=1S/C15H24N2O4/c1-14(2,20-3)8-11-16-17-12(21-11)9-15(10-13(18)19)6-4-5-7-15/h4-10H2,1-3H3,(H,18,19). The highest BCUT2D eigenvalue weighted by Crippen LogP contribution is 2.43. The molecule has 0 saturated heterocycles. The fraction of sp³-hybridized carbons (Fsp3) is 0.800. The third-order valence-electron chi connectivity index (χ3n) is 4.35. The molecule has 0 aliphatic heterocycles. The summed E-state index contributed by atoms with van der Waals surface area (Å²) in [4.78, 5) is 11.1. The number of ether oxygens (including phenoxy) is 1. The van der Waals surface area contributed by atoms with Gasteiger partial charge in [-0.25, -0.2) is 0 Å². The van der Waals surface area contributed by atoms with Gasteiger partial charge in [-0.1, -0.05) is 12.8 Å². The molecule has 1 aliphatic rings. The Balaban J connectivity index is 2.05. The number of hydrogen-bond donors (Lipinski definition) is 1. The lowest BCUT2D eigenvalue weighted by atomic mass is 9.79. The molecule has 1 aliphatic carbocycles. The summed E-state index contributed by atoms with van der Waals surface area (Å²) in [5.74, 6) is 0.331. The predicted molar refractivity (Wildman–Crippen MR) is 75.9 cm³/mol. The average molecular weight is 296 g/mol. The summed E-state index contributed by atoms with van der Waals surface area (Å²) in [6.07, 6.45) is 5.26. The minimum Gasteiger partial charge on any atom is -0.481 e. The lowest BCUT2D eigenvalue weighted by molar-refractivity contribution is -0.139. The van der Waals surface area contributed by atoms with Crippen molar-refractivity contribution in [2.75, 3.05) is 7.11 Å². The Kier molecular flexibility index (Phi) is 4.66. The van der Waals surface area contributed by atoms with Crippen LogP contribution in [-0.4, -0.2) is 34.0 Å². The number of carbonyl (C=O) groups is 1. The second-order valence-electron chi connectivity index (χ2n) is 6.68. The molecule has 6 nitrogen and oxygen atoms in total. The van der Waals surface area contributed by atoms with E-state index in [-0.39, 0.29) is 17.4 Å². The molecule has 1 aromatic rings. The van der Waals surface area contributed by atoms with Crippen LogP contribution in [0, 0.1) is 5.41 Å². The van der Waals surface area contributed by atoms with Crippen LogP contribution in [0.4, 0.5) is 0 Å². The van der Waals surface area contributed by atoms with E-state index in [1.165, 1.54) is 0 Å². The normalized spacial score (nSPS) is 18.0. The SMILES string of the molecule is COC(C)(C)Cc1nnc(CC2(CC(=O)O)CCCC2)o1. The Morgan fingerprint density at radius 1 is 1.33 bits per heavy atom. The van der Waals surface area contributed by atoms with E-state index in [9.17, 15) is 4.79 Å². The lowest BCUT2D eigenvalue weighted by Gasteiger charge is -2.25. The first-order valence-electron chi connectivity index (χ1n) is 7.42. The maximum atomic E-state index is 11.1. The molecule has 1 heterocycles. The number of methoxy groups -OCH3 is 1. The molecule has 1 N–H and O–H groups in total. The molecule has 0 amide bonds. The molecule has 21 heavy (non-hydrogen) atoms. The van der Waals surface area contributed by atoms with E-state index in [0.717, 1.165) is 25.7 Å².